The Kier molecular flexibility index (Phi) is 5.12. The molecule has 1 aliphatic rings. The number of urea groups is 1. The van der Waals surface area contributed by atoms with Gasteiger partial charge >= 0.3 is 6.03 Å². The number of carbonyl (C=O) groups excluding carboxylic acids is 2. The number of nitrogens with zero attached hydrogens (tertiary/aromatic N) is 4. The van der Waals surface area contributed by atoms with E-state index in [-0.39, 0.29) is 18.5 Å². The van der Waals surface area contributed by atoms with Gasteiger partial charge in [-0.3, -0.25) is 14.3 Å². The second kappa shape index (κ2) is 7.85. The number of amides is 3. The lowest BCUT2D eigenvalue weighted by atomic mass is 10.1. The smallest absolute Gasteiger partial charge is 0.324 e. The third kappa shape index (κ3) is 3.63. The number of hydrogen-bond donors (Lipinski definition) is 1. The van der Waals surface area contributed by atoms with Gasteiger partial charge in [0.1, 0.15) is 0 Å². The zero-order valence-corrected chi connectivity index (χ0v) is 16.1. The number of aromatic nitrogens is 3. The van der Waals surface area contributed by atoms with Crippen molar-refractivity contribution < 1.29 is 9.59 Å². The maximum absolute atomic E-state index is 11.7. The highest BCUT2D eigenvalue weighted by Gasteiger charge is 2.28. The van der Waals surface area contributed by atoms with Gasteiger partial charge in [-0.05, 0) is 25.1 Å². The molecule has 0 atom stereocenters. The average molecular weight is 393 g/mol. The van der Waals surface area contributed by atoms with Gasteiger partial charge in [0.25, 0.3) is 0 Å². The van der Waals surface area contributed by atoms with Crippen LogP contribution in [0.25, 0.3) is 17.1 Å². The van der Waals surface area contributed by atoms with Crippen molar-refractivity contribution in [3.8, 4) is 17.1 Å². The molecule has 1 aromatic heterocycles. The van der Waals surface area contributed by atoms with Crippen LogP contribution in [0, 0.1) is 6.92 Å². The molecule has 8 heteroatoms. The van der Waals surface area contributed by atoms with E-state index in [1.165, 1.54) is 16.7 Å². The molecule has 1 fully saturated rings. The van der Waals surface area contributed by atoms with Crippen LogP contribution in [0.1, 0.15) is 5.56 Å². The number of carbonyl (C=O) groups is 2. The van der Waals surface area contributed by atoms with E-state index in [1.807, 2.05) is 60.0 Å². The Morgan fingerprint density at radius 2 is 1.89 bits per heavy atom. The number of aryl methyl sites for hydroxylation is 1. The van der Waals surface area contributed by atoms with Crippen molar-refractivity contribution in [2.75, 3.05) is 18.8 Å². The molecule has 7 nitrogen and oxygen atoms in total. The molecular formula is C20H19N5O2S. The number of para-hydroxylation sites is 1. The number of thioether (sulfide) groups is 1. The molecule has 2 aromatic carbocycles. The number of rotatable bonds is 6. The number of hydrogen-bond acceptors (Lipinski definition) is 5. The van der Waals surface area contributed by atoms with Gasteiger partial charge in [0.15, 0.2) is 11.0 Å². The second-order valence-corrected chi connectivity index (χ2v) is 7.46. The Morgan fingerprint density at radius 3 is 2.61 bits per heavy atom. The van der Waals surface area contributed by atoms with Crippen LogP contribution in [0.2, 0.25) is 0 Å². The Balaban J connectivity index is 1.62. The molecule has 2 heterocycles. The number of benzene rings is 2. The van der Waals surface area contributed by atoms with Gasteiger partial charge in [-0.1, -0.05) is 53.7 Å². The summed E-state index contributed by atoms with van der Waals surface area (Å²) in [6.45, 7) is 2.44. The van der Waals surface area contributed by atoms with Crippen LogP contribution in [0.5, 0.6) is 0 Å². The Morgan fingerprint density at radius 1 is 1.07 bits per heavy atom. The third-order valence-electron chi connectivity index (χ3n) is 4.41. The topological polar surface area (TPSA) is 80.1 Å². The summed E-state index contributed by atoms with van der Waals surface area (Å²) >= 11 is 1.47. The summed E-state index contributed by atoms with van der Waals surface area (Å²) in [5, 5.41) is 12.0. The standard InChI is InChI=1S/C20H19N5O2S/c1-14-6-5-7-15(12-14)18-22-23-20(25(18)16-8-3-2-4-9-16)28-11-10-24-17(26)13-21-19(24)27/h2-9,12H,10-11,13H2,1H3,(H,21,27). The fourth-order valence-electron chi connectivity index (χ4n) is 3.05. The van der Waals surface area contributed by atoms with E-state index in [0.717, 1.165) is 27.8 Å². The summed E-state index contributed by atoms with van der Waals surface area (Å²) in [7, 11) is 0. The first-order valence-electron chi connectivity index (χ1n) is 8.92. The summed E-state index contributed by atoms with van der Waals surface area (Å²) in [4.78, 5) is 24.7. The Bertz CT molecular complexity index is 1000. The molecule has 0 unspecified atom stereocenters. The van der Waals surface area contributed by atoms with E-state index < -0.39 is 0 Å². The van der Waals surface area contributed by atoms with E-state index in [4.69, 9.17) is 0 Å². The van der Waals surface area contributed by atoms with Crippen LogP contribution in [-0.2, 0) is 4.79 Å². The zero-order chi connectivity index (χ0) is 19.5. The number of nitrogens with one attached hydrogen (secondary N) is 1. The molecule has 1 N–H and O–H groups in total. The largest absolute Gasteiger partial charge is 0.329 e. The van der Waals surface area contributed by atoms with Gasteiger partial charge in [-0.25, -0.2) is 4.79 Å². The van der Waals surface area contributed by atoms with Gasteiger partial charge in [-0.15, -0.1) is 10.2 Å². The fraction of sp³-hybridized carbons (Fsp3) is 0.200. The lowest BCUT2D eigenvalue weighted by Crippen LogP contribution is -2.32. The molecule has 0 bridgehead atoms. The van der Waals surface area contributed by atoms with E-state index >= 15 is 0 Å². The van der Waals surface area contributed by atoms with E-state index in [2.05, 4.69) is 21.6 Å². The van der Waals surface area contributed by atoms with E-state index in [9.17, 15) is 9.59 Å². The van der Waals surface area contributed by atoms with Crippen molar-refractivity contribution in [1.82, 2.24) is 25.0 Å². The van der Waals surface area contributed by atoms with Crippen LogP contribution in [-0.4, -0.2) is 50.4 Å². The predicted molar refractivity (Wildman–Crippen MR) is 107 cm³/mol. The summed E-state index contributed by atoms with van der Waals surface area (Å²) in [6.07, 6.45) is 0. The molecule has 0 radical (unpaired) electrons. The first kappa shape index (κ1) is 18.2. The van der Waals surface area contributed by atoms with E-state index in [0.29, 0.717) is 12.3 Å². The molecule has 28 heavy (non-hydrogen) atoms. The molecule has 3 aromatic rings. The minimum atomic E-state index is -0.337. The minimum Gasteiger partial charge on any atom is -0.329 e. The molecule has 1 saturated heterocycles. The molecule has 1 aliphatic heterocycles. The second-order valence-electron chi connectivity index (χ2n) is 6.40. The summed E-state index contributed by atoms with van der Waals surface area (Å²) in [6, 6.07) is 17.7. The molecule has 142 valence electrons. The Labute approximate surface area is 166 Å². The minimum absolute atomic E-state index is 0.0706. The SMILES string of the molecule is Cc1cccc(-c2nnc(SCCN3C(=O)CNC3=O)n2-c2ccccc2)c1. The first-order chi connectivity index (χ1) is 13.6. The first-order valence-corrected chi connectivity index (χ1v) is 9.91. The van der Waals surface area contributed by atoms with Crippen molar-refractivity contribution in [2.45, 2.75) is 12.1 Å². The van der Waals surface area contributed by atoms with Crippen molar-refractivity contribution in [3.63, 3.8) is 0 Å². The fourth-order valence-corrected chi connectivity index (χ4v) is 3.93. The molecule has 0 saturated carbocycles. The zero-order valence-electron chi connectivity index (χ0n) is 15.3. The third-order valence-corrected chi connectivity index (χ3v) is 5.32. The predicted octanol–water partition coefficient (Wildman–Crippen LogP) is 2.89. The van der Waals surface area contributed by atoms with Crippen molar-refractivity contribution in [3.05, 3.63) is 60.2 Å². The lowest BCUT2D eigenvalue weighted by molar-refractivity contribution is -0.124. The van der Waals surface area contributed by atoms with Gasteiger partial charge in [0.2, 0.25) is 5.91 Å². The summed E-state index contributed by atoms with van der Waals surface area (Å²) in [5.74, 6) is 1.10. The normalized spacial score (nSPS) is 13.8. The molecule has 3 amide bonds. The molecule has 0 spiro atoms. The van der Waals surface area contributed by atoms with Gasteiger partial charge in [0, 0.05) is 23.5 Å². The van der Waals surface area contributed by atoms with Gasteiger partial charge < -0.3 is 5.32 Å². The highest BCUT2D eigenvalue weighted by Crippen LogP contribution is 2.28. The summed E-state index contributed by atoms with van der Waals surface area (Å²) < 4.78 is 2.01. The molecular weight excluding hydrogens is 374 g/mol. The van der Waals surface area contributed by atoms with Gasteiger partial charge in [-0.2, -0.15) is 0 Å². The molecule has 4 rings (SSSR count). The number of imide groups is 1. The highest BCUT2D eigenvalue weighted by molar-refractivity contribution is 7.99. The van der Waals surface area contributed by atoms with Crippen LogP contribution in [0.15, 0.2) is 59.8 Å². The van der Waals surface area contributed by atoms with Crippen LogP contribution in [0.4, 0.5) is 4.79 Å². The monoisotopic (exact) mass is 393 g/mol. The van der Waals surface area contributed by atoms with Crippen LogP contribution < -0.4 is 5.32 Å². The van der Waals surface area contributed by atoms with Crippen molar-refractivity contribution in [1.29, 1.82) is 0 Å². The van der Waals surface area contributed by atoms with Gasteiger partial charge in [0.05, 0.1) is 6.54 Å². The summed E-state index contributed by atoms with van der Waals surface area (Å²) in [5.41, 5.74) is 3.09. The average Bonchev–Trinajstić information content (AvgIpc) is 3.27. The lowest BCUT2D eigenvalue weighted by Gasteiger charge is -2.13. The quantitative estimate of drug-likeness (QED) is 0.515. The van der Waals surface area contributed by atoms with Crippen LogP contribution in [0.3, 0.4) is 0 Å². The Hall–Kier alpha value is -3.13. The van der Waals surface area contributed by atoms with Crippen LogP contribution >= 0.6 is 11.8 Å². The highest BCUT2D eigenvalue weighted by atomic mass is 32.2. The van der Waals surface area contributed by atoms with Crippen molar-refractivity contribution >= 4 is 23.7 Å². The maximum atomic E-state index is 11.7. The maximum Gasteiger partial charge on any atom is 0.324 e. The van der Waals surface area contributed by atoms with E-state index in [1.54, 1.807) is 0 Å². The molecule has 0 aliphatic carbocycles. The van der Waals surface area contributed by atoms with Crippen molar-refractivity contribution in [2.24, 2.45) is 0 Å².